The van der Waals surface area contributed by atoms with Gasteiger partial charge in [-0.25, -0.2) is 0 Å². The number of nitrogens with one attached hydrogen (secondary N) is 2. The van der Waals surface area contributed by atoms with Gasteiger partial charge in [-0.3, -0.25) is 4.79 Å². The Morgan fingerprint density at radius 3 is 2.81 bits per heavy atom. The van der Waals surface area contributed by atoms with Gasteiger partial charge in [-0.15, -0.1) is 0 Å². The lowest BCUT2D eigenvalue weighted by Crippen LogP contribution is -2.44. The minimum Gasteiger partial charge on any atom is -0.383 e. The number of amides is 1. The molecule has 16 heavy (non-hydrogen) atoms. The molecular weight excluding hydrogens is 204 g/mol. The first kappa shape index (κ1) is 13.5. The summed E-state index contributed by atoms with van der Waals surface area (Å²) >= 11 is 0. The van der Waals surface area contributed by atoms with Gasteiger partial charge in [0, 0.05) is 19.7 Å². The van der Waals surface area contributed by atoms with Gasteiger partial charge in [-0.2, -0.15) is 0 Å². The number of hydrogen-bond acceptors (Lipinski definition) is 3. The molecule has 1 aliphatic carbocycles. The Morgan fingerprint density at radius 1 is 1.50 bits per heavy atom. The van der Waals surface area contributed by atoms with Gasteiger partial charge in [0.1, 0.15) is 0 Å². The maximum atomic E-state index is 11.5. The van der Waals surface area contributed by atoms with Crippen molar-refractivity contribution in [1.29, 1.82) is 0 Å². The largest absolute Gasteiger partial charge is 0.383 e. The Balaban J connectivity index is 2.16. The van der Waals surface area contributed by atoms with Crippen LogP contribution in [0.4, 0.5) is 0 Å². The molecule has 4 nitrogen and oxygen atoms in total. The molecule has 1 fully saturated rings. The monoisotopic (exact) mass is 228 g/mol. The van der Waals surface area contributed by atoms with E-state index in [2.05, 4.69) is 24.5 Å². The van der Waals surface area contributed by atoms with Crippen molar-refractivity contribution in [2.45, 2.75) is 39.2 Å². The summed E-state index contributed by atoms with van der Waals surface area (Å²) in [5.74, 6) is 0.0553. The van der Waals surface area contributed by atoms with E-state index in [9.17, 15) is 4.79 Å². The Kier molecular flexibility index (Phi) is 5.22. The van der Waals surface area contributed by atoms with Crippen LogP contribution >= 0.6 is 0 Å². The fourth-order valence-corrected chi connectivity index (χ4v) is 2.28. The fourth-order valence-electron chi connectivity index (χ4n) is 2.28. The zero-order valence-corrected chi connectivity index (χ0v) is 10.6. The third-order valence-electron chi connectivity index (χ3n) is 3.39. The van der Waals surface area contributed by atoms with Crippen LogP contribution in [0.5, 0.6) is 0 Å². The van der Waals surface area contributed by atoms with Crippen LogP contribution in [0.25, 0.3) is 0 Å². The molecule has 0 aliphatic heterocycles. The van der Waals surface area contributed by atoms with Gasteiger partial charge in [-0.1, -0.05) is 20.3 Å². The Hall–Kier alpha value is -0.610. The number of hydrogen-bond donors (Lipinski definition) is 2. The summed E-state index contributed by atoms with van der Waals surface area (Å²) in [6, 6.07) is 0.473. The van der Waals surface area contributed by atoms with E-state index in [0.717, 1.165) is 0 Å². The number of carbonyl (C=O) groups excluding carboxylic acids is 1. The molecular formula is C12H24N2O2. The number of ether oxygens (including phenoxy) is 1. The molecule has 1 rings (SSSR count). The molecule has 0 aromatic heterocycles. The minimum absolute atomic E-state index is 0.0553. The predicted molar refractivity (Wildman–Crippen MR) is 64.3 cm³/mol. The average Bonchev–Trinajstić information content (AvgIpc) is 2.55. The van der Waals surface area contributed by atoms with Crippen LogP contribution < -0.4 is 10.6 Å². The van der Waals surface area contributed by atoms with Crippen molar-refractivity contribution in [3.8, 4) is 0 Å². The molecule has 94 valence electrons. The third kappa shape index (κ3) is 4.10. The molecule has 1 saturated carbocycles. The Morgan fingerprint density at radius 2 is 2.25 bits per heavy atom. The van der Waals surface area contributed by atoms with E-state index in [0.29, 0.717) is 31.2 Å². The lowest BCUT2D eigenvalue weighted by Gasteiger charge is -2.27. The van der Waals surface area contributed by atoms with E-state index >= 15 is 0 Å². The smallest absolute Gasteiger partial charge is 0.234 e. The second-order valence-corrected chi connectivity index (χ2v) is 5.16. The van der Waals surface area contributed by atoms with Crippen molar-refractivity contribution in [3.63, 3.8) is 0 Å². The van der Waals surface area contributed by atoms with E-state index in [-0.39, 0.29) is 5.91 Å². The van der Waals surface area contributed by atoms with Gasteiger partial charge in [-0.05, 0) is 18.3 Å². The van der Waals surface area contributed by atoms with Crippen molar-refractivity contribution in [2.24, 2.45) is 5.41 Å². The standard InChI is InChI=1S/C12H24N2O2/c1-12(2)6-4-5-10(12)14-9-11(15)13-7-8-16-3/h10,14H,4-9H2,1-3H3,(H,13,15). The zero-order chi connectivity index (χ0) is 12.0. The van der Waals surface area contributed by atoms with Crippen molar-refractivity contribution in [3.05, 3.63) is 0 Å². The maximum Gasteiger partial charge on any atom is 0.234 e. The van der Waals surface area contributed by atoms with Crippen LogP contribution in [0.3, 0.4) is 0 Å². The highest BCUT2D eigenvalue weighted by atomic mass is 16.5. The van der Waals surface area contributed by atoms with Crippen LogP contribution in [-0.4, -0.2) is 38.8 Å². The molecule has 2 N–H and O–H groups in total. The van der Waals surface area contributed by atoms with Crippen LogP contribution in [0, 0.1) is 5.41 Å². The van der Waals surface area contributed by atoms with E-state index in [4.69, 9.17) is 4.74 Å². The second kappa shape index (κ2) is 6.21. The quantitative estimate of drug-likeness (QED) is 0.665. The number of rotatable bonds is 6. The summed E-state index contributed by atoms with van der Waals surface area (Å²) in [4.78, 5) is 11.5. The molecule has 0 aromatic rings. The van der Waals surface area contributed by atoms with Crippen LogP contribution in [0.15, 0.2) is 0 Å². The topological polar surface area (TPSA) is 50.4 Å². The predicted octanol–water partition coefficient (Wildman–Crippen LogP) is 0.917. The molecule has 4 heteroatoms. The summed E-state index contributed by atoms with van der Waals surface area (Å²) in [6.45, 7) is 6.10. The van der Waals surface area contributed by atoms with Crippen molar-refractivity contribution in [1.82, 2.24) is 10.6 Å². The number of carbonyl (C=O) groups is 1. The highest BCUT2D eigenvalue weighted by Crippen LogP contribution is 2.36. The van der Waals surface area contributed by atoms with Gasteiger partial charge >= 0.3 is 0 Å². The fraction of sp³-hybridized carbons (Fsp3) is 0.917. The van der Waals surface area contributed by atoms with E-state index in [1.54, 1.807) is 7.11 Å². The summed E-state index contributed by atoms with van der Waals surface area (Å²) in [6.07, 6.45) is 3.68. The van der Waals surface area contributed by atoms with Crippen LogP contribution in [0.1, 0.15) is 33.1 Å². The van der Waals surface area contributed by atoms with Gasteiger partial charge in [0.2, 0.25) is 5.91 Å². The zero-order valence-electron chi connectivity index (χ0n) is 10.6. The normalized spacial score (nSPS) is 23.3. The first-order valence-corrected chi connectivity index (χ1v) is 6.05. The van der Waals surface area contributed by atoms with E-state index in [1.807, 2.05) is 0 Å². The van der Waals surface area contributed by atoms with Crippen molar-refractivity contribution < 1.29 is 9.53 Å². The second-order valence-electron chi connectivity index (χ2n) is 5.16. The molecule has 1 aliphatic rings. The van der Waals surface area contributed by atoms with Gasteiger partial charge < -0.3 is 15.4 Å². The lowest BCUT2D eigenvalue weighted by atomic mass is 9.87. The Labute approximate surface area is 98.1 Å². The van der Waals surface area contributed by atoms with Crippen LogP contribution in [-0.2, 0) is 9.53 Å². The molecule has 0 saturated heterocycles. The van der Waals surface area contributed by atoms with Gasteiger partial charge in [0.05, 0.1) is 13.2 Å². The molecule has 0 bridgehead atoms. The minimum atomic E-state index is 0.0553. The molecule has 0 heterocycles. The van der Waals surface area contributed by atoms with Gasteiger partial charge in [0.15, 0.2) is 0 Å². The van der Waals surface area contributed by atoms with E-state index < -0.39 is 0 Å². The van der Waals surface area contributed by atoms with Crippen LogP contribution in [0.2, 0.25) is 0 Å². The van der Waals surface area contributed by atoms with Crippen molar-refractivity contribution >= 4 is 5.91 Å². The summed E-state index contributed by atoms with van der Waals surface area (Å²) in [5, 5.41) is 6.15. The average molecular weight is 228 g/mol. The van der Waals surface area contributed by atoms with Crippen molar-refractivity contribution in [2.75, 3.05) is 26.8 Å². The lowest BCUT2D eigenvalue weighted by molar-refractivity contribution is -0.120. The molecule has 1 atom stereocenters. The molecule has 1 unspecified atom stereocenters. The molecule has 0 aromatic carbocycles. The highest BCUT2D eigenvalue weighted by molar-refractivity contribution is 5.78. The first-order chi connectivity index (χ1) is 7.56. The van der Waals surface area contributed by atoms with E-state index in [1.165, 1.54) is 19.3 Å². The summed E-state index contributed by atoms with van der Waals surface area (Å²) in [7, 11) is 1.63. The summed E-state index contributed by atoms with van der Waals surface area (Å²) < 4.78 is 4.87. The SMILES string of the molecule is COCCNC(=O)CNC1CCCC1(C)C. The summed E-state index contributed by atoms with van der Waals surface area (Å²) in [5.41, 5.74) is 0.326. The first-order valence-electron chi connectivity index (χ1n) is 6.05. The molecule has 0 spiro atoms. The van der Waals surface area contributed by atoms with Gasteiger partial charge in [0.25, 0.3) is 0 Å². The maximum absolute atomic E-state index is 11.5. The number of methoxy groups -OCH3 is 1. The third-order valence-corrected chi connectivity index (χ3v) is 3.39. The molecule has 1 amide bonds. The highest BCUT2D eigenvalue weighted by Gasteiger charge is 2.34. The Bertz CT molecular complexity index is 229. The molecule has 0 radical (unpaired) electrons.